The number of hydrogen-bond acceptors (Lipinski definition) is 7. The summed E-state index contributed by atoms with van der Waals surface area (Å²) < 4.78 is 18.4. The van der Waals surface area contributed by atoms with Crippen LogP contribution in [0.4, 0.5) is 0 Å². The number of benzene rings is 1. The first kappa shape index (κ1) is 21.1. The third-order valence-corrected chi connectivity index (χ3v) is 5.52. The Kier molecular flexibility index (Phi) is 6.76. The molecular weight excluding hydrogens is 390 g/mol. The molecule has 8 heteroatoms. The molecule has 0 aliphatic heterocycles. The zero-order valence-electron chi connectivity index (χ0n) is 17.3. The van der Waals surface area contributed by atoms with Crippen LogP contribution >= 0.6 is 11.8 Å². The predicted molar refractivity (Wildman–Crippen MR) is 112 cm³/mol. The number of carbonyl (C=O) groups is 1. The molecule has 0 aliphatic carbocycles. The Labute approximate surface area is 174 Å². The lowest BCUT2D eigenvalue weighted by Crippen LogP contribution is -2.14. The van der Waals surface area contributed by atoms with Crippen LogP contribution in [0.25, 0.3) is 11.5 Å². The Morgan fingerprint density at radius 3 is 2.72 bits per heavy atom. The van der Waals surface area contributed by atoms with Crippen LogP contribution < -0.4 is 4.74 Å². The molecule has 0 fully saturated rings. The quantitative estimate of drug-likeness (QED) is 0.380. The van der Waals surface area contributed by atoms with Gasteiger partial charge in [0, 0.05) is 24.1 Å². The fraction of sp³-hybridized carbons (Fsp3) is 0.381. The smallest absolute Gasteiger partial charge is 0.277 e. The number of thioether (sulfide) groups is 1. The number of rotatable bonds is 9. The second-order valence-corrected chi connectivity index (χ2v) is 7.67. The van der Waals surface area contributed by atoms with E-state index in [1.54, 1.807) is 14.2 Å². The van der Waals surface area contributed by atoms with E-state index in [9.17, 15) is 4.79 Å². The molecule has 2 heterocycles. The van der Waals surface area contributed by atoms with Crippen LogP contribution in [0.1, 0.15) is 34.7 Å². The Morgan fingerprint density at radius 1 is 1.24 bits per heavy atom. The van der Waals surface area contributed by atoms with Gasteiger partial charge in [0.25, 0.3) is 11.1 Å². The van der Waals surface area contributed by atoms with E-state index in [4.69, 9.17) is 13.9 Å². The van der Waals surface area contributed by atoms with Crippen LogP contribution in [0.5, 0.6) is 5.75 Å². The number of Topliss-reactive ketones (excluding diaryl/α,β-unsaturated/α-hetero) is 1. The van der Waals surface area contributed by atoms with Gasteiger partial charge in [0.2, 0.25) is 0 Å². The molecule has 0 saturated carbocycles. The van der Waals surface area contributed by atoms with E-state index in [2.05, 4.69) is 21.7 Å². The minimum Gasteiger partial charge on any atom is -0.496 e. The van der Waals surface area contributed by atoms with Crippen molar-refractivity contribution in [2.75, 3.05) is 26.6 Å². The van der Waals surface area contributed by atoms with Crippen molar-refractivity contribution in [3.05, 3.63) is 47.3 Å². The molecule has 3 rings (SSSR count). The number of methoxy groups -OCH3 is 2. The molecule has 3 aromatic rings. The number of aryl methyl sites for hydroxylation is 1. The molecule has 0 radical (unpaired) electrons. The monoisotopic (exact) mass is 415 g/mol. The molecule has 0 saturated heterocycles. The van der Waals surface area contributed by atoms with Crippen LogP contribution in [0, 0.1) is 13.8 Å². The van der Waals surface area contributed by atoms with Crippen LogP contribution in [0.15, 0.2) is 40.0 Å². The van der Waals surface area contributed by atoms with Gasteiger partial charge in [-0.1, -0.05) is 23.9 Å². The average molecular weight is 416 g/mol. The fourth-order valence-electron chi connectivity index (χ4n) is 3.46. The van der Waals surface area contributed by atoms with Gasteiger partial charge in [-0.05, 0) is 39.0 Å². The first-order valence-electron chi connectivity index (χ1n) is 9.26. The third kappa shape index (κ3) is 4.54. The fourth-order valence-corrected chi connectivity index (χ4v) is 4.10. The van der Waals surface area contributed by atoms with Crippen LogP contribution in [0.3, 0.4) is 0 Å². The van der Waals surface area contributed by atoms with Crippen molar-refractivity contribution < 1.29 is 18.7 Å². The van der Waals surface area contributed by atoms with Crippen molar-refractivity contribution in [2.45, 2.75) is 32.0 Å². The summed E-state index contributed by atoms with van der Waals surface area (Å²) in [6.07, 6.45) is 0. The average Bonchev–Trinajstić information content (AvgIpc) is 3.30. The number of hydrogen-bond donors (Lipinski definition) is 0. The molecule has 0 amide bonds. The summed E-state index contributed by atoms with van der Waals surface area (Å²) in [4.78, 5) is 12.8. The summed E-state index contributed by atoms with van der Waals surface area (Å²) in [6, 6.07) is 9.51. The Morgan fingerprint density at radius 2 is 2.00 bits per heavy atom. The van der Waals surface area contributed by atoms with E-state index in [1.807, 2.05) is 44.2 Å². The molecule has 2 aromatic heterocycles. The first-order valence-corrected chi connectivity index (χ1v) is 10.2. The summed E-state index contributed by atoms with van der Waals surface area (Å²) in [5.74, 6) is 1.26. The minimum absolute atomic E-state index is 0.0241. The van der Waals surface area contributed by atoms with Crippen molar-refractivity contribution >= 4 is 17.5 Å². The van der Waals surface area contributed by atoms with Gasteiger partial charge in [-0.2, -0.15) is 0 Å². The molecule has 7 nitrogen and oxygen atoms in total. The van der Waals surface area contributed by atoms with Gasteiger partial charge < -0.3 is 18.5 Å². The molecule has 0 aliphatic rings. The molecule has 0 N–H and O–H groups in total. The van der Waals surface area contributed by atoms with Crippen molar-refractivity contribution in [1.82, 2.24) is 14.8 Å². The number of nitrogens with zero attached hydrogens (tertiary/aromatic N) is 3. The van der Waals surface area contributed by atoms with E-state index in [0.29, 0.717) is 29.0 Å². The van der Waals surface area contributed by atoms with Gasteiger partial charge in [-0.15, -0.1) is 10.2 Å². The second kappa shape index (κ2) is 9.28. The lowest BCUT2D eigenvalue weighted by molar-refractivity contribution is 0.102. The van der Waals surface area contributed by atoms with Gasteiger partial charge in [-0.3, -0.25) is 4.79 Å². The first-order chi connectivity index (χ1) is 14.0. The normalized spacial score (nSPS) is 12.2. The molecule has 29 heavy (non-hydrogen) atoms. The van der Waals surface area contributed by atoms with Gasteiger partial charge >= 0.3 is 0 Å². The van der Waals surface area contributed by atoms with E-state index in [-0.39, 0.29) is 17.6 Å². The minimum atomic E-state index is 0.0241. The van der Waals surface area contributed by atoms with Gasteiger partial charge in [-0.25, -0.2) is 0 Å². The molecule has 0 bridgehead atoms. The molecule has 1 atom stereocenters. The summed E-state index contributed by atoms with van der Waals surface area (Å²) >= 11 is 1.23. The SMILES string of the molecule is COC[C@H](C)n1c(C)cc(C(=O)CSc2nnc(-c3ccccc3OC)o2)c1C. The Hall–Kier alpha value is -2.58. The van der Waals surface area contributed by atoms with Crippen LogP contribution in [0.2, 0.25) is 0 Å². The van der Waals surface area contributed by atoms with Gasteiger partial charge in [0.1, 0.15) is 5.75 Å². The number of carbonyl (C=O) groups excluding carboxylic acids is 1. The Balaban J connectivity index is 1.71. The van der Waals surface area contributed by atoms with Gasteiger partial charge in [0.15, 0.2) is 5.78 Å². The summed E-state index contributed by atoms with van der Waals surface area (Å²) in [5, 5.41) is 8.47. The molecule has 0 spiro atoms. The predicted octanol–water partition coefficient (Wildman–Crippen LogP) is 4.35. The van der Waals surface area contributed by atoms with Crippen molar-refractivity contribution in [3.8, 4) is 17.2 Å². The highest BCUT2D eigenvalue weighted by Crippen LogP contribution is 2.31. The van der Waals surface area contributed by atoms with E-state index >= 15 is 0 Å². The highest BCUT2D eigenvalue weighted by atomic mass is 32.2. The van der Waals surface area contributed by atoms with Crippen molar-refractivity contribution in [3.63, 3.8) is 0 Å². The van der Waals surface area contributed by atoms with Crippen molar-refractivity contribution in [1.29, 1.82) is 0 Å². The van der Waals surface area contributed by atoms with E-state index in [0.717, 1.165) is 17.0 Å². The zero-order chi connectivity index (χ0) is 21.0. The van der Waals surface area contributed by atoms with Crippen molar-refractivity contribution in [2.24, 2.45) is 0 Å². The maximum Gasteiger partial charge on any atom is 0.277 e. The largest absolute Gasteiger partial charge is 0.496 e. The highest BCUT2D eigenvalue weighted by molar-refractivity contribution is 7.99. The molecular formula is C21H25N3O4S. The number of aromatic nitrogens is 3. The topological polar surface area (TPSA) is 79.4 Å². The summed E-state index contributed by atoms with van der Waals surface area (Å²) in [6.45, 7) is 6.63. The lowest BCUT2D eigenvalue weighted by atomic mass is 10.2. The molecule has 1 aromatic carbocycles. The maximum absolute atomic E-state index is 12.8. The third-order valence-electron chi connectivity index (χ3n) is 4.70. The van der Waals surface area contributed by atoms with E-state index < -0.39 is 0 Å². The second-order valence-electron chi connectivity index (χ2n) is 6.74. The maximum atomic E-state index is 12.8. The summed E-state index contributed by atoms with van der Waals surface area (Å²) in [5.41, 5.74) is 3.41. The van der Waals surface area contributed by atoms with Crippen LogP contribution in [-0.2, 0) is 4.74 Å². The number of para-hydroxylation sites is 1. The summed E-state index contributed by atoms with van der Waals surface area (Å²) in [7, 11) is 3.27. The zero-order valence-corrected chi connectivity index (χ0v) is 18.1. The molecule has 154 valence electrons. The number of ketones is 1. The Bertz CT molecular complexity index is 996. The lowest BCUT2D eigenvalue weighted by Gasteiger charge is -2.17. The molecule has 0 unspecified atom stereocenters. The standard InChI is InChI=1S/C21H25N3O4S/c1-13-10-17(15(3)24(13)14(2)11-26-4)18(25)12-29-21-23-22-20(28-21)16-8-6-7-9-19(16)27-5/h6-10,14H,11-12H2,1-5H3/t14-/m0/s1. The highest BCUT2D eigenvalue weighted by Gasteiger charge is 2.20. The van der Waals surface area contributed by atoms with Crippen LogP contribution in [-0.4, -0.2) is 47.1 Å². The van der Waals surface area contributed by atoms with Gasteiger partial charge in [0.05, 0.1) is 31.1 Å². The van der Waals surface area contributed by atoms with E-state index in [1.165, 1.54) is 11.8 Å². The number of ether oxygens (including phenoxy) is 2.